The molecule has 5 atom stereocenters. The van der Waals surface area contributed by atoms with E-state index in [4.69, 9.17) is 28.4 Å². The highest BCUT2D eigenvalue weighted by Crippen LogP contribution is 2.31. The third-order valence-corrected chi connectivity index (χ3v) is 4.13. The topological polar surface area (TPSA) is 150 Å². The van der Waals surface area contributed by atoms with Crippen molar-refractivity contribution >= 4 is 23.6 Å². The van der Waals surface area contributed by atoms with Gasteiger partial charge in [0, 0.05) is 40.0 Å². The molecule has 12 nitrogen and oxygen atoms in total. The SMILES string of the molecule is COC[C@H]1O[C@H](Oc2ccc([N+](=O)[O-])cc2)[C@H](OC(C)=O)[C@@H](OC(C)=O)[C@@H]1OC(C)=O. The summed E-state index contributed by atoms with van der Waals surface area (Å²) in [4.78, 5) is 45.3. The van der Waals surface area contributed by atoms with E-state index in [1.54, 1.807) is 0 Å². The monoisotopic (exact) mass is 441 g/mol. The van der Waals surface area contributed by atoms with Crippen LogP contribution in [0.1, 0.15) is 20.8 Å². The molecule has 0 spiro atoms. The number of esters is 3. The zero-order chi connectivity index (χ0) is 23.1. The van der Waals surface area contributed by atoms with Gasteiger partial charge in [-0.1, -0.05) is 0 Å². The standard InChI is InChI=1S/C19H23NO11/c1-10(21)27-16-15(9-26-4)31-19(18(29-12(3)23)17(16)28-11(2)22)30-14-7-5-13(6-8-14)20(24)25/h5-8,15-19H,9H2,1-4H3/t15-,16-,17+,18-,19+/m1/s1. The largest absolute Gasteiger partial charge is 0.461 e. The molecule has 0 N–H and O–H groups in total. The van der Waals surface area contributed by atoms with Crippen molar-refractivity contribution in [3.8, 4) is 5.75 Å². The normalized spacial score (nSPS) is 25.2. The van der Waals surface area contributed by atoms with Crippen LogP contribution >= 0.6 is 0 Å². The molecule has 0 aliphatic carbocycles. The smallest absolute Gasteiger partial charge is 0.303 e. The van der Waals surface area contributed by atoms with Gasteiger partial charge < -0.3 is 28.4 Å². The molecule has 0 amide bonds. The van der Waals surface area contributed by atoms with Crippen molar-refractivity contribution in [1.29, 1.82) is 0 Å². The summed E-state index contributed by atoms with van der Waals surface area (Å²) in [5.41, 5.74) is -0.154. The second-order valence-electron chi connectivity index (χ2n) is 6.59. The minimum absolute atomic E-state index is 0.0668. The number of hydrogen-bond donors (Lipinski definition) is 0. The molecular formula is C19H23NO11. The van der Waals surface area contributed by atoms with Crippen LogP contribution in [0.5, 0.6) is 5.75 Å². The summed E-state index contributed by atoms with van der Waals surface area (Å²) in [7, 11) is 1.39. The van der Waals surface area contributed by atoms with Crippen molar-refractivity contribution in [2.45, 2.75) is 51.5 Å². The minimum Gasteiger partial charge on any atom is -0.461 e. The number of carbonyl (C=O) groups excluding carboxylic acids is 3. The lowest BCUT2D eigenvalue weighted by Crippen LogP contribution is -2.63. The molecule has 1 aliphatic rings. The first kappa shape index (κ1) is 24.0. The maximum absolute atomic E-state index is 11.7. The number of ether oxygens (including phenoxy) is 6. The molecule has 1 heterocycles. The molecule has 0 saturated carbocycles. The van der Waals surface area contributed by atoms with Gasteiger partial charge in [0.25, 0.3) is 5.69 Å². The molecule has 1 saturated heterocycles. The van der Waals surface area contributed by atoms with Gasteiger partial charge in [-0.2, -0.15) is 0 Å². The van der Waals surface area contributed by atoms with Crippen molar-refractivity contribution in [2.24, 2.45) is 0 Å². The molecule has 0 unspecified atom stereocenters. The van der Waals surface area contributed by atoms with Crippen LogP contribution in [-0.4, -0.2) is 67.3 Å². The Bertz CT molecular complexity index is 810. The highest BCUT2D eigenvalue weighted by atomic mass is 16.7. The number of hydrogen-bond acceptors (Lipinski definition) is 11. The fraction of sp³-hybridized carbons (Fsp3) is 0.526. The Labute approximate surface area is 177 Å². The first-order chi connectivity index (χ1) is 14.6. The Morgan fingerprint density at radius 2 is 1.45 bits per heavy atom. The van der Waals surface area contributed by atoms with E-state index in [1.165, 1.54) is 31.4 Å². The lowest BCUT2D eigenvalue weighted by Gasteiger charge is -2.44. The molecule has 0 bridgehead atoms. The van der Waals surface area contributed by atoms with Crippen LogP contribution in [0.4, 0.5) is 5.69 Å². The van der Waals surface area contributed by atoms with E-state index in [-0.39, 0.29) is 18.0 Å². The highest BCUT2D eigenvalue weighted by Gasteiger charge is 2.53. The van der Waals surface area contributed by atoms with Gasteiger partial charge in [0.15, 0.2) is 12.2 Å². The number of methoxy groups -OCH3 is 1. The van der Waals surface area contributed by atoms with Crippen molar-refractivity contribution in [1.82, 2.24) is 0 Å². The summed E-state index contributed by atoms with van der Waals surface area (Å²) in [5.74, 6) is -1.96. The lowest BCUT2D eigenvalue weighted by atomic mass is 9.98. The zero-order valence-electron chi connectivity index (χ0n) is 17.3. The van der Waals surface area contributed by atoms with E-state index < -0.39 is 53.5 Å². The fourth-order valence-corrected chi connectivity index (χ4v) is 3.03. The Morgan fingerprint density at radius 1 is 0.935 bits per heavy atom. The lowest BCUT2D eigenvalue weighted by molar-refractivity contribution is -0.384. The first-order valence-electron chi connectivity index (χ1n) is 9.19. The summed E-state index contributed by atoms with van der Waals surface area (Å²) in [6, 6.07) is 5.10. The number of non-ortho nitro benzene ring substituents is 1. The van der Waals surface area contributed by atoms with E-state index in [0.29, 0.717) is 0 Å². The van der Waals surface area contributed by atoms with Crippen LogP contribution in [0.15, 0.2) is 24.3 Å². The molecule has 2 rings (SSSR count). The molecule has 0 radical (unpaired) electrons. The fourth-order valence-electron chi connectivity index (χ4n) is 3.03. The van der Waals surface area contributed by atoms with E-state index in [1.807, 2.05) is 0 Å². The Morgan fingerprint density at radius 3 is 1.94 bits per heavy atom. The molecule has 31 heavy (non-hydrogen) atoms. The van der Waals surface area contributed by atoms with Crippen LogP contribution in [0.25, 0.3) is 0 Å². The van der Waals surface area contributed by atoms with Gasteiger partial charge >= 0.3 is 17.9 Å². The molecule has 1 fully saturated rings. The quantitative estimate of drug-likeness (QED) is 0.247. The maximum atomic E-state index is 11.7. The van der Waals surface area contributed by atoms with Crippen molar-refractivity contribution in [3.05, 3.63) is 34.4 Å². The Balaban J connectivity index is 2.40. The maximum Gasteiger partial charge on any atom is 0.303 e. The zero-order valence-corrected chi connectivity index (χ0v) is 17.3. The average Bonchev–Trinajstić information content (AvgIpc) is 2.67. The summed E-state index contributed by atoms with van der Waals surface area (Å²) < 4.78 is 32.5. The number of nitrogens with zero attached hydrogens (tertiary/aromatic N) is 1. The summed E-state index contributed by atoms with van der Waals surface area (Å²) >= 11 is 0. The van der Waals surface area contributed by atoms with Crippen LogP contribution in [-0.2, 0) is 38.1 Å². The highest BCUT2D eigenvalue weighted by molar-refractivity contribution is 5.68. The van der Waals surface area contributed by atoms with E-state index in [9.17, 15) is 24.5 Å². The number of carbonyl (C=O) groups is 3. The third-order valence-electron chi connectivity index (χ3n) is 4.13. The summed E-state index contributed by atoms with van der Waals surface area (Å²) in [6.45, 7) is 3.37. The van der Waals surface area contributed by atoms with Crippen LogP contribution in [0.2, 0.25) is 0 Å². The molecular weight excluding hydrogens is 418 g/mol. The van der Waals surface area contributed by atoms with Gasteiger partial charge in [-0.25, -0.2) is 0 Å². The first-order valence-corrected chi connectivity index (χ1v) is 9.19. The number of benzene rings is 1. The van der Waals surface area contributed by atoms with Gasteiger partial charge in [0.1, 0.15) is 11.9 Å². The van der Waals surface area contributed by atoms with Crippen molar-refractivity contribution in [2.75, 3.05) is 13.7 Å². The number of rotatable bonds is 8. The van der Waals surface area contributed by atoms with Gasteiger partial charge in [0.05, 0.1) is 11.5 Å². The van der Waals surface area contributed by atoms with Crippen molar-refractivity contribution < 1.29 is 47.7 Å². The van der Waals surface area contributed by atoms with Crippen LogP contribution in [0, 0.1) is 10.1 Å². The second-order valence-corrected chi connectivity index (χ2v) is 6.59. The Hall–Kier alpha value is -3.25. The van der Waals surface area contributed by atoms with Crippen LogP contribution < -0.4 is 4.74 Å². The molecule has 170 valence electrons. The predicted octanol–water partition coefficient (Wildman–Crippen LogP) is 1.14. The molecule has 0 aromatic heterocycles. The van der Waals surface area contributed by atoms with E-state index in [2.05, 4.69) is 0 Å². The number of nitro benzene ring substituents is 1. The Kier molecular flexibility index (Phi) is 8.28. The molecule has 12 heteroatoms. The van der Waals surface area contributed by atoms with Gasteiger partial charge in [-0.3, -0.25) is 24.5 Å². The minimum atomic E-state index is -1.31. The summed E-state index contributed by atoms with van der Waals surface area (Å²) in [5, 5.41) is 10.8. The van der Waals surface area contributed by atoms with Gasteiger partial charge in [0.2, 0.25) is 12.4 Å². The van der Waals surface area contributed by atoms with Crippen LogP contribution in [0.3, 0.4) is 0 Å². The molecule has 1 aliphatic heterocycles. The summed E-state index contributed by atoms with van der Waals surface area (Å²) in [6.07, 6.45) is -5.96. The second kappa shape index (κ2) is 10.7. The average molecular weight is 441 g/mol. The van der Waals surface area contributed by atoms with E-state index in [0.717, 1.165) is 20.8 Å². The third kappa shape index (κ3) is 6.62. The van der Waals surface area contributed by atoms with Crippen molar-refractivity contribution in [3.63, 3.8) is 0 Å². The predicted molar refractivity (Wildman–Crippen MR) is 101 cm³/mol. The van der Waals surface area contributed by atoms with Gasteiger partial charge in [-0.15, -0.1) is 0 Å². The van der Waals surface area contributed by atoms with Gasteiger partial charge in [-0.05, 0) is 12.1 Å². The number of nitro groups is 1. The molecule has 1 aromatic rings. The molecule has 1 aromatic carbocycles. The van der Waals surface area contributed by atoms with E-state index >= 15 is 0 Å².